The molecule has 0 saturated heterocycles. The first-order valence-electron chi connectivity index (χ1n) is 4.55. The van der Waals surface area contributed by atoms with Crippen LogP contribution in [0.2, 0.25) is 0 Å². The van der Waals surface area contributed by atoms with Crippen molar-refractivity contribution in [1.29, 1.82) is 0 Å². The second-order valence-electron chi connectivity index (χ2n) is 3.20. The standard InChI is InChI=1S/C10H13N3O/c1-7-3-4-10(14-7)8-5-12-13-9(8)6-11-2/h3-5,11H,6H2,1-2H3,(H,12,13). The molecule has 4 nitrogen and oxygen atoms in total. The molecule has 2 heterocycles. The molecule has 2 aromatic heterocycles. The Labute approximate surface area is 82.3 Å². The van der Waals surface area contributed by atoms with Crippen molar-refractivity contribution in [3.05, 3.63) is 29.8 Å². The van der Waals surface area contributed by atoms with Gasteiger partial charge in [-0.3, -0.25) is 5.10 Å². The van der Waals surface area contributed by atoms with Crippen molar-refractivity contribution in [2.45, 2.75) is 13.5 Å². The van der Waals surface area contributed by atoms with E-state index in [-0.39, 0.29) is 0 Å². The fourth-order valence-electron chi connectivity index (χ4n) is 1.42. The lowest BCUT2D eigenvalue weighted by atomic mass is 10.2. The third kappa shape index (κ3) is 1.56. The fraction of sp³-hybridized carbons (Fsp3) is 0.300. The minimum absolute atomic E-state index is 0.759. The lowest BCUT2D eigenvalue weighted by Gasteiger charge is -1.98. The predicted octanol–water partition coefficient (Wildman–Crippen LogP) is 1.70. The number of hydrogen-bond acceptors (Lipinski definition) is 3. The maximum Gasteiger partial charge on any atom is 0.137 e. The Morgan fingerprint density at radius 3 is 3.00 bits per heavy atom. The highest BCUT2D eigenvalue weighted by molar-refractivity contribution is 5.59. The number of aryl methyl sites for hydroxylation is 1. The van der Waals surface area contributed by atoms with Crippen LogP contribution in [0.3, 0.4) is 0 Å². The molecule has 2 aromatic rings. The van der Waals surface area contributed by atoms with Gasteiger partial charge in [-0.2, -0.15) is 5.10 Å². The average molecular weight is 191 g/mol. The predicted molar refractivity (Wildman–Crippen MR) is 53.8 cm³/mol. The van der Waals surface area contributed by atoms with Gasteiger partial charge in [-0.05, 0) is 26.1 Å². The lowest BCUT2D eigenvalue weighted by Crippen LogP contribution is -2.06. The molecule has 0 saturated carbocycles. The van der Waals surface area contributed by atoms with Crippen LogP contribution >= 0.6 is 0 Å². The van der Waals surface area contributed by atoms with Gasteiger partial charge < -0.3 is 9.73 Å². The third-order valence-corrected chi connectivity index (χ3v) is 2.08. The number of hydrogen-bond donors (Lipinski definition) is 2. The summed E-state index contributed by atoms with van der Waals surface area (Å²) in [6.45, 7) is 2.69. The maximum atomic E-state index is 5.53. The summed E-state index contributed by atoms with van der Waals surface area (Å²) in [6.07, 6.45) is 1.78. The Bertz CT molecular complexity index is 416. The van der Waals surface area contributed by atoms with Crippen molar-refractivity contribution in [3.63, 3.8) is 0 Å². The van der Waals surface area contributed by atoms with Crippen LogP contribution in [0.15, 0.2) is 22.7 Å². The van der Waals surface area contributed by atoms with E-state index in [9.17, 15) is 0 Å². The molecule has 4 heteroatoms. The van der Waals surface area contributed by atoms with Crippen molar-refractivity contribution >= 4 is 0 Å². The van der Waals surface area contributed by atoms with Gasteiger partial charge in [0.05, 0.1) is 17.5 Å². The van der Waals surface area contributed by atoms with Crippen molar-refractivity contribution in [2.24, 2.45) is 0 Å². The summed E-state index contributed by atoms with van der Waals surface area (Å²) in [4.78, 5) is 0. The lowest BCUT2D eigenvalue weighted by molar-refractivity contribution is 0.547. The molecule has 0 bridgehead atoms. The molecule has 0 aromatic carbocycles. The van der Waals surface area contributed by atoms with Crippen LogP contribution in [0.4, 0.5) is 0 Å². The van der Waals surface area contributed by atoms with E-state index < -0.39 is 0 Å². The van der Waals surface area contributed by atoms with E-state index in [0.29, 0.717) is 0 Å². The van der Waals surface area contributed by atoms with Crippen LogP contribution in [-0.4, -0.2) is 17.2 Å². The van der Waals surface area contributed by atoms with E-state index >= 15 is 0 Å². The number of H-pyrrole nitrogens is 1. The van der Waals surface area contributed by atoms with Gasteiger partial charge >= 0.3 is 0 Å². The second kappa shape index (κ2) is 3.67. The molecule has 0 aliphatic heterocycles. The summed E-state index contributed by atoms with van der Waals surface area (Å²) in [6, 6.07) is 3.91. The van der Waals surface area contributed by atoms with Gasteiger partial charge in [0, 0.05) is 6.54 Å². The third-order valence-electron chi connectivity index (χ3n) is 2.08. The van der Waals surface area contributed by atoms with Crippen LogP contribution in [-0.2, 0) is 6.54 Å². The summed E-state index contributed by atoms with van der Waals surface area (Å²) in [5.41, 5.74) is 2.06. The molecule has 0 aliphatic carbocycles. The highest BCUT2D eigenvalue weighted by atomic mass is 16.3. The Morgan fingerprint density at radius 2 is 2.36 bits per heavy atom. The molecule has 0 spiro atoms. The largest absolute Gasteiger partial charge is 0.461 e. The average Bonchev–Trinajstić information content (AvgIpc) is 2.74. The molecule has 2 N–H and O–H groups in total. The van der Waals surface area contributed by atoms with E-state index in [2.05, 4.69) is 15.5 Å². The van der Waals surface area contributed by atoms with Crippen LogP contribution in [0.5, 0.6) is 0 Å². The van der Waals surface area contributed by atoms with E-state index in [1.807, 2.05) is 26.1 Å². The van der Waals surface area contributed by atoms with Gasteiger partial charge in [0.25, 0.3) is 0 Å². The van der Waals surface area contributed by atoms with Crippen LogP contribution < -0.4 is 5.32 Å². The topological polar surface area (TPSA) is 53.9 Å². The van der Waals surface area contributed by atoms with E-state index in [4.69, 9.17) is 4.42 Å². The smallest absolute Gasteiger partial charge is 0.137 e. The molecule has 0 aliphatic rings. The van der Waals surface area contributed by atoms with Gasteiger partial charge in [-0.1, -0.05) is 0 Å². The van der Waals surface area contributed by atoms with Gasteiger partial charge in [0.1, 0.15) is 11.5 Å². The number of nitrogens with one attached hydrogen (secondary N) is 2. The van der Waals surface area contributed by atoms with Gasteiger partial charge in [0.15, 0.2) is 0 Å². The quantitative estimate of drug-likeness (QED) is 0.776. The van der Waals surface area contributed by atoms with Gasteiger partial charge in [-0.15, -0.1) is 0 Å². The van der Waals surface area contributed by atoms with Crippen LogP contribution in [0, 0.1) is 6.92 Å². The van der Waals surface area contributed by atoms with Crippen LogP contribution in [0.25, 0.3) is 11.3 Å². The highest BCUT2D eigenvalue weighted by Crippen LogP contribution is 2.23. The molecule has 0 amide bonds. The molecule has 2 rings (SSSR count). The Morgan fingerprint density at radius 1 is 1.50 bits per heavy atom. The second-order valence-corrected chi connectivity index (χ2v) is 3.20. The number of furan rings is 1. The fourth-order valence-corrected chi connectivity index (χ4v) is 1.42. The molecule has 14 heavy (non-hydrogen) atoms. The van der Waals surface area contributed by atoms with E-state index in [1.165, 1.54) is 0 Å². The molecule has 0 radical (unpaired) electrons. The van der Waals surface area contributed by atoms with E-state index in [1.54, 1.807) is 6.20 Å². The van der Waals surface area contributed by atoms with Crippen molar-refractivity contribution in [3.8, 4) is 11.3 Å². The monoisotopic (exact) mass is 191 g/mol. The van der Waals surface area contributed by atoms with Crippen LogP contribution in [0.1, 0.15) is 11.5 Å². The molecular formula is C10H13N3O. The SMILES string of the molecule is CNCc1[nH]ncc1-c1ccc(C)o1. The summed E-state index contributed by atoms with van der Waals surface area (Å²) >= 11 is 0. The number of aromatic amines is 1. The Kier molecular flexibility index (Phi) is 2.37. The summed E-state index contributed by atoms with van der Waals surface area (Å²) in [7, 11) is 1.90. The van der Waals surface area contributed by atoms with E-state index in [0.717, 1.165) is 29.3 Å². The van der Waals surface area contributed by atoms with Gasteiger partial charge in [-0.25, -0.2) is 0 Å². The normalized spacial score (nSPS) is 10.7. The zero-order valence-electron chi connectivity index (χ0n) is 8.29. The van der Waals surface area contributed by atoms with Crippen molar-refractivity contribution < 1.29 is 4.42 Å². The first kappa shape index (κ1) is 9.02. The molecule has 0 atom stereocenters. The first-order chi connectivity index (χ1) is 6.81. The van der Waals surface area contributed by atoms with Crippen molar-refractivity contribution in [2.75, 3.05) is 7.05 Å². The number of rotatable bonds is 3. The zero-order valence-corrected chi connectivity index (χ0v) is 8.29. The minimum Gasteiger partial charge on any atom is -0.461 e. The molecular weight excluding hydrogens is 178 g/mol. The zero-order chi connectivity index (χ0) is 9.97. The molecule has 74 valence electrons. The molecule has 0 unspecified atom stereocenters. The Balaban J connectivity index is 2.36. The van der Waals surface area contributed by atoms with Crippen molar-refractivity contribution in [1.82, 2.24) is 15.5 Å². The molecule has 0 fully saturated rings. The van der Waals surface area contributed by atoms with Gasteiger partial charge in [0.2, 0.25) is 0 Å². The minimum atomic E-state index is 0.759. The summed E-state index contributed by atoms with van der Waals surface area (Å²) < 4.78 is 5.53. The maximum absolute atomic E-state index is 5.53. The number of nitrogens with zero attached hydrogens (tertiary/aromatic N) is 1. The number of aromatic nitrogens is 2. The summed E-state index contributed by atoms with van der Waals surface area (Å²) in [5.74, 6) is 1.78. The summed E-state index contributed by atoms with van der Waals surface area (Å²) in [5, 5.41) is 10.0. The Hall–Kier alpha value is -1.55. The highest BCUT2D eigenvalue weighted by Gasteiger charge is 2.09. The first-order valence-corrected chi connectivity index (χ1v) is 4.55.